The van der Waals surface area contributed by atoms with Crippen LogP contribution in [-0.2, 0) is 0 Å². The zero-order valence-corrected chi connectivity index (χ0v) is 9.15. The maximum atomic E-state index is 13.6. The van der Waals surface area contributed by atoms with Crippen molar-refractivity contribution in [1.82, 2.24) is 4.90 Å². The van der Waals surface area contributed by atoms with Gasteiger partial charge in [0.15, 0.2) is 5.82 Å². The number of nitrogens with two attached hydrogens (primary N) is 1. The van der Waals surface area contributed by atoms with Crippen molar-refractivity contribution in [1.29, 1.82) is 10.5 Å². The summed E-state index contributed by atoms with van der Waals surface area (Å²) in [7, 11) is 0. The van der Waals surface area contributed by atoms with E-state index in [1.165, 1.54) is 0 Å². The molecular formula is C11H8F2N4O. The third-order valence-corrected chi connectivity index (χ3v) is 2.15. The van der Waals surface area contributed by atoms with Crippen molar-refractivity contribution in [2.75, 3.05) is 18.8 Å². The van der Waals surface area contributed by atoms with E-state index in [0.29, 0.717) is 0 Å². The van der Waals surface area contributed by atoms with Crippen molar-refractivity contribution in [2.24, 2.45) is 0 Å². The molecule has 7 heteroatoms. The Morgan fingerprint density at radius 3 is 2.33 bits per heavy atom. The smallest absolute Gasteiger partial charge is 0.261 e. The van der Waals surface area contributed by atoms with E-state index in [2.05, 4.69) is 0 Å². The first-order valence-electron chi connectivity index (χ1n) is 4.79. The molecule has 0 bridgehead atoms. The number of amides is 1. The average molecular weight is 250 g/mol. The van der Waals surface area contributed by atoms with Crippen molar-refractivity contribution in [2.45, 2.75) is 0 Å². The molecular weight excluding hydrogens is 242 g/mol. The van der Waals surface area contributed by atoms with Crippen LogP contribution in [0.1, 0.15) is 10.4 Å². The summed E-state index contributed by atoms with van der Waals surface area (Å²) in [4.78, 5) is 12.5. The van der Waals surface area contributed by atoms with Crippen LogP contribution in [0.5, 0.6) is 0 Å². The standard InChI is InChI=1S/C11H8F2N4O/c12-7-1-2-8(16)10(13)9(7)11(18)17(5-3-14)6-4-15/h1-2H,5-6,16H2. The fraction of sp³-hybridized carbons (Fsp3) is 0.182. The number of anilines is 1. The van der Waals surface area contributed by atoms with Crippen LogP contribution < -0.4 is 5.73 Å². The topological polar surface area (TPSA) is 93.9 Å². The molecule has 18 heavy (non-hydrogen) atoms. The van der Waals surface area contributed by atoms with Crippen LogP contribution in [0.15, 0.2) is 12.1 Å². The summed E-state index contributed by atoms with van der Waals surface area (Å²) in [6.45, 7) is -0.889. The first kappa shape index (κ1) is 13.4. The van der Waals surface area contributed by atoms with Gasteiger partial charge in [-0.25, -0.2) is 8.78 Å². The van der Waals surface area contributed by atoms with Gasteiger partial charge in [0.25, 0.3) is 5.91 Å². The Bertz CT molecular complexity index is 543. The fourth-order valence-corrected chi connectivity index (χ4v) is 1.29. The molecule has 1 aromatic carbocycles. The summed E-state index contributed by atoms with van der Waals surface area (Å²) in [5.41, 5.74) is 3.99. The largest absolute Gasteiger partial charge is 0.396 e. The van der Waals surface area contributed by atoms with Crippen LogP contribution in [-0.4, -0.2) is 23.9 Å². The molecule has 0 fully saturated rings. The van der Waals surface area contributed by atoms with E-state index in [9.17, 15) is 13.6 Å². The normalized spacial score (nSPS) is 9.33. The summed E-state index contributed by atoms with van der Waals surface area (Å²) in [5, 5.41) is 17.0. The molecule has 1 aromatic rings. The lowest BCUT2D eigenvalue weighted by molar-refractivity contribution is 0.0785. The van der Waals surface area contributed by atoms with E-state index in [-0.39, 0.29) is 5.69 Å². The molecule has 2 N–H and O–H groups in total. The maximum absolute atomic E-state index is 13.6. The molecule has 0 aliphatic carbocycles. The van der Waals surface area contributed by atoms with Crippen molar-refractivity contribution in [3.8, 4) is 12.1 Å². The number of rotatable bonds is 3. The van der Waals surface area contributed by atoms with Gasteiger partial charge in [-0.2, -0.15) is 10.5 Å². The predicted molar refractivity (Wildman–Crippen MR) is 57.9 cm³/mol. The van der Waals surface area contributed by atoms with Gasteiger partial charge < -0.3 is 10.6 Å². The Balaban J connectivity index is 3.22. The van der Waals surface area contributed by atoms with Crippen molar-refractivity contribution < 1.29 is 13.6 Å². The molecule has 0 heterocycles. The zero-order valence-electron chi connectivity index (χ0n) is 9.15. The SMILES string of the molecule is N#CCN(CC#N)C(=O)c1c(F)ccc(N)c1F. The monoisotopic (exact) mass is 250 g/mol. The van der Waals surface area contributed by atoms with Crippen LogP contribution in [0.25, 0.3) is 0 Å². The minimum absolute atomic E-state index is 0.381. The highest BCUT2D eigenvalue weighted by molar-refractivity contribution is 5.96. The second-order valence-electron chi connectivity index (χ2n) is 3.30. The van der Waals surface area contributed by atoms with E-state index in [4.69, 9.17) is 16.3 Å². The first-order chi connectivity index (χ1) is 8.52. The highest BCUT2D eigenvalue weighted by Gasteiger charge is 2.24. The summed E-state index contributed by atoms with van der Waals surface area (Å²) >= 11 is 0. The van der Waals surface area contributed by atoms with E-state index in [0.717, 1.165) is 17.0 Å². The van der Waals surface area contributed by atoms with Gasteiger partial charge in [-0.1, -0.05) is 0 Å². The van der Waals surface area contributed by atoms with Crippen LogP contribution in [0.2, 0.25) is 0 Å². The maximum Gasteiger partial charge on any atom is 0.261 e. The molecule has 0 aromatic heterocycles. The quantitative estimate of drug-likeness (QED) is 0.640. The number of nitrogen functional groups attached to an aromatic ring is 1. The summed E-state index contributed by atoms with van der Waals surface area (Å²) in [5.74, 6) is -3.37. The second kappa shape index (κ2) is 5.60. The number of hydrogen-bond acceptors (Lipinski definition) is 4. The lowest BCUT2D eigenvalue weighted by atomic mass is 10.1. The Hall–Kier alpha value is -2.67. The number of benzene rings is 1. The van der Waals surface area contributed by atoms with Gasteiger partial charge in [-0.3, -0.25) is 4.79 Å². The first-order valence-corrected chi connectivity index (χ1v) is 4.79. The van der Waals surface area contributed by atoms with Crippen molar-refractivity contribution >= 4 is 11.6 Å². The second-order valence-corrected chi connectivity index (χ2v) is 3.30. The summed E-state index contributed by atoms with van der Waals surface area (Å²) in [6, 6.07) is 5.11. The van der Waals surface area contributed by atoms with Crippen LogP contribution in [0.4, 0.5) is 14.5 Å². The van der Waals surface area contributed by atoms with Gasteiger partial charge in [-0.05, 0) is 12.1 Å². The highest BCUT2D eigenvalue weighted by Crippen LogP contribution is 2.20. The molecule has 0 aliphatic rings. The molecule has 0 atom stereocenters. The molecule has 0 spiro atoms. The van der Waals surface area contributed by atoms with E-state index < -0.39 is 36.2 Å². The number of nitriles is 2. The summed E-state index contributed by atoms with van der Waals surface area (Å²) < 4.78 is 27.0. The van der Waals surface area contributed by atoms with Gasteiger partial charge in [-0.15, -0.1) is 0 Å². The van der Waals surface area contributed by atoms with Crippen LogP contribution in [0.3, 0.4) is 0 Å². The molecule has 92 valence electrons. The van der Waals surface area contributed by atoms with Gasteiger partial charge >= 0.3 is 0 Å². The van der Waals surface area contributed by atoms with Crippen molar-refractivity contribution in [3.05, 3.63) is 29.3 Å². The molecule has 0 radical (unpaired) electrons. The number of hydrogen-bond donors (Lipinski definition) is 1. The van der Waals surface area contributed by atoms with Crippen LogP contribution in [0, 0.1) is 34.3 Å². The zero-order chi connectivity index (χ0) is 13.7. The molecule has 5 nitrogen and oxygen atoms in total. The molecule has 0 saturated heterocycles. The average Bonchev–Trinajstić information content (AvgIpc) is 2.34. The molecule has 1 rings (SSSR count). The number of carbonyl (C=O) groups is 1. The number of halogens is 2. The van der Waals surface area contributed by atoms with E-state index >= 15 is 0 Å². The van der Waals surface area contributed by atoms with Gasteiger partial charge in [0.2, 0.25) is 0 Å². The minimum Gasteiger partial charge on any atom is -0.396 e. The van der Waals surface area contributed by atoms with E-state index in [1.54, 1.807) is 12.1 Å². The van der Waals surface area contributed by atoms with Gasteiger partial charge in [0.05, 0.1) is 17.8 Å². The van der Waals surface area contributed by atoms with Crippen molar-refractivity contribution in [3.63, 3.8) is 0 Å². The Morgan fingerprint density at radius 1 is 1.28 bits per heavy atom. The third kappa shape index (κ3) is 2.53. The Labute approximate surface area is 102 Å². The third-order valence-electron chi connectivity index (χ3n) is 2.15. The summed E-state index contributed by atoms with van der Waals surface area (Å²) in [6.07, 6.45) is 0. The van der Waals surface area contributed by atoms with E-state index in [1.807, 2.05) is 0 Å². The number of nitrogens with zero attached hydrogens (tertiary/aromatic N) is 3. The minimum atomic E-state index is -1.19. The Kier molecular flexibility index (Phi) is 4.16. The predicted octanol–water partition coefficient (Wildman–Crippen LogP) is 1.04. The lowest BCUT2D eigenvalue weighted by Gasteiger charge is -2.16. The molecule has 1 amide bonds. The fourth-order valence-electron chi connectivity index (χ4n) is 1.29. The van der Waals surface area contributed by atoms with Gasteiger partial charge in [0, 0.05) is 0 Å². The van der Waals surface area contributed by atoms with Gasteiger partial charge in [0.1, 0.15) is 24.5 Å². The molecule has 0 aliphatic heterocycles. The number of carbonyl (C=O) groups excluding carboxylic acids is 1. The molecule has 0 saturated carbocycles. The Morgan fingerprint density at radius 2 is 1.83 bits per heavy atom. The lowest BCUT2D eigenvalue weighted by Crippen LogP contribution is -2.33. The van der Waals surface area contributed by atoms with Crippen LogP contribution >= 0.6 is 0 Å². The highest BCUT2D eigenvalue weighted by atomic mass is 19.1. The molecule has 0 unspecified atom stereocenters.